The molecule has 2 N–H and O–H groups in total. The first-order valence-electron chi connectivity index (χ1n) is 8.79. The van der Waals surface area contributed by atoms with Crippen LogP contribution in [-0.2, 0) is 11.2 Å². The van der Waals surface area contributed by atoms with Crippen molar-refractivity contribution < 1.29 is 9.21 Å². The maximum absolute atomic E-state index is 11.4. The van der Waals surface area contributed by atoms with E-state index in [1.165, 1.54) is 10.9 Å². The van der Waals surface area contributed by atoms with Crippen LogP contribution in [0.4, 0.5) is 11.4 Å². The molecule has 2 aromatic carbocycles. The Morgan fingerprint density at radius 2 is 1.72 bits per heavy atom. The minimum atomic E-state index is 0.0175. The van der Waals surface area contributed by atoms with Crippen LogP contribution in [0.25, 0.3) is 11.0 Å². The van der Waals surface area contributed by atoms with Crippen LogP contribution >= 0.6 is 0 Å². The van der Waals surface area contributed by atoms with E-state index in [-0.39, 0.29) is 11.9 Å². The van der Waals surface area contributed by atoms with Crippen LogP contribution in [0.2, 0.25) is 0 Å². The number of anilines is 2. The highest BCUT2D eigenvalue weighted by atomic mass is 16.3. The van der Waals surface area contributed by atoms with E-state index in [1.54, 1.807) is 0 Å². The lowest BCUT2D eigenvalue weighted by Crippen LogP contribution is -2.10. The molecule has 0 aliphatic heterocycles. The highest BCUT2D eigenvalue weighted by Crippen LogP contribution is 2.32. The molecule has 0 bridgehead atoms. The first kappa shape index (κ1) is 17.1. The third kappa shape index (κ3) is 3.68. The van der Waals surface area contributed by atoms with E-state index >= 15 is 0 Å². The molecule has 1 amide bonds. The second-order valence-corrected chi connectivity index (χ2v) is 6.14. The highest BCUT2D eigenvalue weighted by Gasteiger charge is 2.18. The monoisotopic (exact) mass is 336 g/mol. The van der Waals surface area contributed by atoms with Crippen LogP contribution in [0.5, 0.6) is 0 Å². The van der Waals surface area contributed by atoms with Crippen LogP contribution in [-0.4, -0.2) is 5.91 Å². The smallest absolute Gasteiger partial charge is 0.224 e. The molecule has 1 unspecified atom stereocenters. The summed E-state index contributed by atoms with van der Waals surface area (Å²) >= 11 is 0. The molecular formula is C21H24N2O2. The topological polar surface area (TPSA) is 54.3 Å². The molecule has 0 aliphatic rings. The second-order valence-electron chi connectivity index (χ2n) is 6.14. The standard InChI is InChI=1S/C21H24N2O2/c1-4-17-18-8-6-7-9-19(18)25-21(17)14(3)22-15-10-12-16(13-11-15)23-20(24)5-2/h6-14,22H,4-5H2,1-3H3,(H,23,24). The van der Waals surface area contributed by atoms with Crippen molar-refractivity contribution in [3.05, 3.63) is 59.9 Å². The largest absolute Gasteiger partial charge is 0.459 e. The van der Waals surface area contributed by atoms with E-state index in [0.29, 0.717) is 6.42 Å². The average molecular weight is 336 g/mol. The van der Waals surface area contributed by atoms with E-state index in [9.17, 15) is 4.79 Å². The van der Waals surface area contributed by atoms with Gasteiger partial charge in [0, 0.05) is 28.7 Å². The molecule has 0 aliphatic carbocycles. The van der Waals surface area contributed by atoms with Gasteiger partial charge in [-0.25, -0.2) is 0 Å². The maximum atomic E-state index is 11.4. The Labute approximate surface area is 148 Å². The second kappa shape index (κ2) is 7.43. The van der Waals surface area contributed by atoms with Gasteiger partial charge in [-0.3, -0.25) is 4.79 Å². The third-order valence-electron chi connectivity index (χ3n) is 4.35. The van der Waals surface area contributed by atoms with Gasteiger partial charge in [-0.2, -0.15) is 0 Å². The van der Waals surface area contributed by atoms with Gasteiger partial charge in [0.15, 0.2) is 0 Å². The van der Waals surface area contributed by atoms with Gasteiger partial charge >= 0.3 is 0 Å². The van der Waals surface area contributed by atoms with Gasteiger partial charge < -0.3 is 15.1 Å². The fourth-order valence-electron chi connectivity index (χ4n) is 3.05. The van der Waals surface area contributed by atoms with Crippen LogP contribution in [0.1, 0.15) is 44.6 Å². The molecule has 3 rings (SSSR count). The molecular weight excluding hydrogens is 312 g/mol. The van der Waals surface area contributed by atoms with Gasteiger partial charge in [0.1, 0.15) is 11.3 Å². The lowest BCUT2D eigenvalue weighted by atomic mass is 10.0. The van der Waals surface area contributed by atoms with Crippen molar-refractivity contribution in [2.75, 3.05) is 10.6 Å². The number of furan rings is 1. The number of carbonyl (C=O) groups excluding carboxylic acids is 1. The highest BCUT2D eigenvalue weighted by molar-refractivity contribution is 5.90. The number of para-hydroxylation sites is 1. The zero-order chi connectivity index (χ0) is 17.8. The van der Waals surface area contributed by atoms with E-state index < -0.39 is 0 Å². The molecule has 0 saturated carbocycles. The number of benzene rings is 2. The van der Waals surface area contributed by atoms with Crippen molar-refractivity contribution >= 4 is 28.3 Å². The van der Waals surface area contributed by atoms with Crippen LogP contribution in [0.3, 0.4) is 0 Å². The zero-order valence-corrected chi connectivity index (χ0v) is 14.9. The van der Waals surface area contributed by atoms with E-state index in [1.807, 2.05) is 49.4 Å². The van der Waals surface area contributed by atoms with Gasteiger partial charge in [0.25, 0.3) is 0 Å². The number of rotatable bonds is 6. The average Bonchev–Trinajstić information content (AvgIpc) is 3.02. The molecule has 0 fully saturated rings. The Morgan fingerprint density at radius 1 is 1.04 bits per heavy atom. The molecule has 4 heteroatoms. The van der Waals surface area contributed by atoms with Gasteiger partial charge in [0.05, 0.1) is 6.04 Å². The van der Waals surface area contributed by atoms with Crippen molar-refractivity contribution in [3.8, 4) is 0 Å². The van der Waals surface area contributed by atoms with Gasteiger partial charge in [-0.15, -0.1) is 0 Å². The Kier molecular flexibility index (Phi) is 5.08. The number of hydrogen-bond donors (Lipinski definition) is 2. The number of hydrogen-bond acceptors (Lipinski definition) is 3. The van der Waals surface area contributed by atoms with Crippen LogP contribution in [0.15, 0.2) is 52.9 Å². The van der Waals surface area contributed by atoms with E-state index in [0.717, 1.165) is 29.1 Å². The molecule has 0 saturated heterocycles. The Hall–Kier alpha value is -2.75. The Morgan fingerprint density at radius 3 is 2.40 bits per heavy atom. The molecule has 0 spiro atoms. The summed E-state index contributed by atoms with van der Waals surface area (Å²) in [6, 6.07) is 16.0. The number of carbonyl (C=O) groups is 1. The Bertz CT molecular complexity index is 865. The minimum absolute atomic E-state index is 0.0175. The van der Waals surface area contributed by atoms with Gasteiger partial charge in [-0.1, -0.05) is 32.0 Å². The van der Waals surface area contributed by atoms with Crippen LogP contribution in [0, 0.1) is 0 Å². The summed E-state index contributed by atoms with van der Waals surface area (Å²) in [4.78, 5) is 11.4. The Balaban J connectivity index is 1.78. The van der Waals surface area contributed by atoms with Crippen molar-refractivity contribution in [1.29, 1.82) is 0 Å². The predicted octanol–water partition coefficient (Wildman–Crippen LogP) is 5.52. The summed E-state index contributed by atoms with van der Waals surface area (Å²) in [6.07, 6.45) is 1.41. The molecule has 130 valence electrons. The first-order valence-corrected chi connectivity index (χ1v) is 8.79. The van der Waals surface area contributed by atoms with Crippen molar-refractivity contribution in [3.63, 3.8) is 0 Å². The molecule has 1 aromatic heterocycles. The lowest BCUT2D eigenvalue weighted by Gasteiger charge is -2.15. The summed E-state index contributed by atoms with van der Waals surface area (Å²) in [6.45, 7) is 6.09. The summed E-state index contributed by atoms with van der Waals surface area (Å²) in [5.41, 5.74) is 3.98. The summed E-state index contributed by atoms with van der Waals surface area (Å²) < 4.78 is 6.10. The van der Waals surface area contributed by atoms with Crippen molar-refractivity contribution in [2.24, 2.45) is 0 Å². The van der Waals surface area contributed by atoms with Crippen LogP contribution < -0.4 is 10.6 Å². The van der Waals surface area contributed by atoms with E-state index in [4.69, 9.17) is 4.42 Å². The number of aryl methyl sites for hydroxylation is 1. The molecule has 4 nitrogen and oxygen atoms in total. The molecule has 25 heavy (non-hydrogen) atoms. The van der Waals surface area contributed by atoms with Gasteiger partial charge in [0.2, 0.25) is 5.91 Å². The SMILES string of the molecule is CCC(=O)Nc1ccc(NC(C)c2oc3ccccc3c2CC)cc1. The van der Waals surface area contributed by atoms with Crippen molar-refractivity contribution in [2.45, 2.75) is 39.7 Å². The number of nitrogens with one attached hydrogen (secondary N) is 2. The van der Waals surface area contributed by atoms with Crippen molar-refractivity contribution in [1.82, 2.24) is 0 Å². The maximum Gasteiger partial charge on any atom is 0.224 e. The molecule has 1 atom stereocenters. The summed E-state index contributed by atoms with van der Waals surface area (Å²) in [5, 5.41) is 7.52. The van der Waals surface area contributed by atoms with E-state index in [2.05, 4.69) is 30.5 Å². The molecule has 0 radical (unpaired) electrons. The molecule has 3 aromatic rings. The summed E-state index contributed by atoms with van der Waals surface area (Å²) in [7, 11) is 0. The number of fused-ring (bicyclic) bond motifs is 1. The number of amides is 1. The lowest BCUT2D eigenvalue weighted by molar-refractivity contribution is -0.115. The first-order chi connectivity index (χ1) is 12.1. The predicted molar refractivity (Wildman–Crippen MR) is 103 cm³/mol. The minimum Gasteiger partial charge on any atom is -0.459 e. The quantitative estimate of drug-likeness (QED) is 0.623. The third-order valence-corrected chi connectivity index (χ3v) is 4.35. The normalized spacial score (nSPS) is 12.1. The van der Waals surface area contributed by atoms with Gasteiger partial charge in [-0.05, 0) is 43.7 Å². The fraction of sp³-hybridized carbons (Fsp3) is 0.286. The molecule has 1 heterocycles. The fourth-order valence-corrected chi connectivity index (χ4v) is 3.05. The zero-order valence-electron chi connectivity index (χ0n) is 14.9. The summed E-state index contributed by atoms with van der Waals surface area (Å²) in [5.74, 6) is 0.996.